The molecule has 0 bridgehead atoms. The van der Waals surface area contributed by atoms with Gasteiger partial charge < -0.3 is 9.64 Å². The SMILES string of the molecule is C=C(c1ccc(Cl)cc1)c1c(C)cccc1N1CCOCC1. The molecule has 2 aromatic rings. The molecular weight excluding hydrogens is 294 g/mol. The Labute approximate surface area is 137 Å². The molecule has 0 aliphatic carbocycles. The first kappa shape index (κ1) is 15.1. The van der Waals surface area contributed by atoms with E-state index in [-0.39, 0.29) is 0 Å². The Hall–Kier alpha value is -1.77. The van der Waals surface area contributed by atoms with Crippen LogP contribution in [-0.4, -0.2) is 26.3 Å². The van der Waals surface area contributed by atoms with Crippen molar-refractivity contribution in [1.82, 2.24) is 0 Å². The summed E-state index contributed by atoms with van der Waals surface area (Å²) >= 11 is 5.99. The van der Waals surface area contributed by atoms with Crippen LogP contribution in [0.3, 0.4) is 0 Å². The molecule has 0 aromatic heterocycles. The van der Waals surface area contributed by atoms with Crippen molar-refractivity contribution in [3.63, 3.8) is 0 Å². The molecule has 0 saturated carbocycles. The van der Waals surface area contributed by atoms with Crippen molar-refractivity contribution in [3.8, 4) is 0 Å². The predicted octanol–water partition coefficient (Wildman–Crippen LogP) is 4.55. The van der Waals surface area contributed by atoms with E-state index in [1.165, 1.54) is 16.8 Å². The van der Waals surface area contributed by atoms with Crippen molar-refractivity contribution in [2.45, 2.75) is 6.92 Å². The Morgan fingerprint density at radius 2 is 1.77 bits per heavy atom. The molecule has 114 valence electrons. The van der Waals surface area contributed by atoms with Crippen molar-refractivity contribution in [3.05, 3.63) is 70.8 Å². The van der Waals surface area contributed by atoms with Crippen LogP contribution in [0.25, 0.3) is 5.57 Å². The lowest BCUT2D eigenvalue weighted by Gasteiger charge is -2.31. The van der Waals surface area contributed by atoms with E-state index in [0.717, 1.165) is 42.5 Å². The van der Waals surface area contributed by atoms with E-state index in [1.807, 2.05) is 24.3 Å². The second-order valence-corrected chi connectivity index (χ2v) is 5.99. The summed E-state index contributed by atoms with van der Waals surface area (Å²) in [6, 6.07) is 14.3. The fraction of sp³-hybridized carbons (Fsp3) is 0.263. The Morgan fingerprint density at radius 3 is 2.45 bits per heavy atom. The Kier molecular flexibility index (Phi) is 4.51. The number of rotatable bonds is 3. The average molecular weight is 314 g/mol. The highest BCUT2D eigenvalue weighted by molar-refractivity contribution is 6.30. The summed E-state index contributed by atoms with van der Waals surface area (Å²) in [6.07, 6.45) is 0. The molecule has 3 heteroatoms. The molecule has 3 rings (SSSR count). The Balaban J connectivity index is 2.01. The molecule has 2 nitrogen and oxygen atoms in total. The standard InChI is InChI=1S/C19H20ClNO/c1-14-4-3-5-18(21-10-12-22-13-11-21)19(14)15(2)16-6-8-17(20)9-7-16/h3-9H,2,10-13H2,1H3. The maximum absolute atomic E-state index is 5.99. The van der Waals surface area contributed by atoms with Crippen LogP contribution in [0.15, 0.2) is 49.0 Å². The number of anilines is 1. The summed E-state index contributed by atoms with van der Waals surface area (Å²) < 4.78 is 5.47. The third-order valence-corrected chi connectivity index (χ3v) is 4.35. The molecule has 0 amide bonds. The van der Waals surface area contributed by atoms with Gasteiger partial charge in [-0.05, 0) is 41.8 Å². The van der Waals surface area contributed by atoms with Crippen LogP contribution in [0.5, 0.6) is 0 Å². The minimum Gasteiger partial charge on any atom is -0.378 e. The van der Waals surface area contributed by atoms with Gasteiger partial charge in [-0.3, -0.25) is 0 Å². The minimum absolute atomic E-state index is 0.745. The molecule has 1 aliphatic heterocycles. The molecule has 2 aromatic carbocycles. The van der Waals surface area contributed by atoms with Crippen LogP contribution in [0, 0.1) is 6.92 Å². The van der Waals surface area contributed by atoms with Gasteiger partial charge in [-0.15, -0.1) is 0 Å². The summed E-state index contributed by atoms with van der Waals surface area (Å²) in [7, 11) is 0. The fourth-order valence-electron chi connectivity index (χ4n) is 2.91. The van der Waals surface area contributed by atoms with E-state index in [9.17, 15) is 0 Å². The third-order valence-electron chi connectivity index (χ3n) is 4.10. The largest absolute Gasteiger partial charge is 0.378 e. The molecule has 1 fully saturated rings. The summed E-state index contributed by atoms with van der Waals surface area (Å²) in [5.74, 6) is 0. The first-order valence-corrected chi connectivity index (χ1v) is 7.92. The second kappa shape index (κ2) is 6.55. The molecule has 0 radical (unpaired) electrons. The monoisotopic (exact) mass is 313 g/mol. The highest BCUT2D eigenvalue weighted by Gasteiger charge is 2.18. The zero-order chi connectivity index (χ0) is 15.5. The number of hydrogen-bond acceptors (Lipinski definition) is 2. The van der Waals surface area contributed by atoms with Crippen LogP contribution >= 0.6 is 11.6 Å². The fourth-order valence-corrected chi connectivity index (χ4v) is 3.03. The third kappa shape index (κ3) is 3.03. The Bertz CT molecular complexity index is 672. The van der Waals surface area contributed by atoms with Gasteiger partial charge in [-0.2, -0.15) is 0 Å². The van der Waals surface area contributed by atoms with Crippen LogP contribution in [0.2, 0.25) is 5.02 Å². The zero-order valence-electron chi connectivity index (χ0n) is 12.8. The van der Waals surface area contributed by atoms with E-state index >= 15 is 0 Å². The van der Waals surface area contributed by atoms with Crippen LogP contribution in [0.1, 0.15) is 16.7 Å². The van der Waals surface area contributed by atoms with Crippen LogP contribution < -0.4 is 4.90 Å². The van der Waals surface area contributed by atoms with Crippen molar-refractivity contribution >= 4 is 22.9 Å². The molecule has 22 heavy (non-hydrogen) atoms. The molecule has 0 unspecified atom stereocenters. The number of nitrogens with zero attached hydrogens (tertiary/aromatic N) is 1. The number of aryl methyl sites for hydroxylation is 1. The van der Waals surface area contributed by atoms with E-state index in [4.69, 9.17) is 16.3 Å². The summed E-state index contributed by atoms with van der Waals surface area (Å²) in [4.78, 5) is 2.38. The van der Waals surface area contributed by atoms with Gasteiger partial charge in [0, 0.05) is 29.4 Å². The topological polar surface area (TPSA) is 12.5 Å². The van der Waals surface area contributed by atoms with Gasteiger partial charge >= 0.3 is 0 Å². The van der Waals surface area contributed by atoms with Gasteiger partial charge in [0.1, 0.15) is 0 Å². The van der Waals surface area contributed by atoms with Crippen LogP contribution in [0.4, 0.5) is 5.69 Å². The maximum Gasteiger partial charge on any atom is 0.0642 e. The van der Waals surface area contributed by atoms with Gasteiger partial charge in [0.25, 0.3) is 0 Å². The molecule has 1 aliphatic rings. The van der Waals surface area contributed by atoms with E-state index in [0.29, 0.717) is 0 Å². The second-order valence-electron chi connectivity index (χ2n) is 5.55. The summed E-state index contributed by atoms with van der Waals surface area (Å²) in [5, 5.41) is 0.745. The normalized spacial score (nSPS) is 14.9. The zero-order valence-corrected chi connectivity index (χ0v) is 13.6. The molecule has 1 heterocycles. The molecule has 1 saturated heterocycles. The van der Waals surface area contributed by atoms with Crippen LogP contribution in [-0.2, 0) is 4.74 Å². The number of ether oxygens (including phenoxy) is 1. The number of benzene rings is 2. The lowest BCUT2D eigenvalue weighted by molar-refractivity contribution is 0.122. The first-order valence-electron chi connectivity index (χ1n) is 7.54. The first-order chi connectivity index (χ1) is 10.7. The molecular formula is C19H20ClNO. The van der Waals surface area contributed by atoms with E-state index in [2.05, 4.69) is 36.6 Å². The van der Waals surface area contributed by atoms with Crippen molar-refractivity contribution < 1.29 is 4.74 Å². The summed E-state index contributed by atoms with van der Waals surface area (Å²) in [5.41, 5.74) is 5.84. The van der Waals surface area contributed by atoms with Gasteiger partial charge in [0.15, 0.2) is 0 Å². The number of hydrogen-bond donors (Lipinski definition) is 0. The highest BCUT2D eigenvalue weighted by Crippen LogP contribution is 2.34. The van der Waals surface area contributed by atoms with Gasteiger partial charge in [0.05, 0.1) is 13.2 Å². The molecule has 0 spiro atoms. The van der Waals surface area contributed by atoms with E-state index in [1.54, 1.807) is 0 Å². The van der Waals surface area contributed by atoms with Crippen molar-refractivity contribution in [2.75, 3.05) is 31.2 Å². The predicted molar refractivity (Wildman–Crippen MR) is 93.8 cm³/mol. The lowest BCUT2D eigenvalue weighted by Crippen LogP contribution is -2.36. The van der Waals surface area contributed by atoms with E-state index < -0.39 is 0 Å². The maximum atomic E-state index is 5.99. The quantitative estimate of drug-likeness (QED) is 0.824. The smallest absolute Gasteiger partial charge is 0.0642 e. The summed E-state index contributed by atoms with van der Waals surface area (Å²) in [6.45, 7) is 9.88. The lowest BCUT2D eigenvalue weighted by atomic mass is 9.93. The van der Waals surface area contributed by atoms with Gasteiger partial charge in [-0.1, -0.05) is 42.4 Å². The molecule has 0 N–H and O–H groups in total. The highest BCUT2D eigenvalue weighted by atomic mass is 35.5. The molecule has 0 atom stereocenters. The minimum atomic E-state index is 0.745. The average Bonchev–Trinajstić information content (AvgIpc) is 2.55. The van der Waals surface area contributed by atoms with Crippen molar-refractivity contribution in [2.24, 2.45) is 0 Å². The number of halogens is 1. The van der Waals surface area contributed by atoms with Gasteiger partial charge in [-0.25, -0.2) is 0 Å². The Morgan fingerprint density at radius 1 is 1.09 bits per heavy atom. The van der Waals surface area contributed by atoms with Crippen molar-refractivity contribution in [1.29, 1.82) is 0 Å². The number of morpholine rings is 1. The van der Waals surface area contributed by atoms with Gasteiger partial charge in [0.2, 0.25) is 0 Å².